The highest BCUT2D eigenvalue weighted by Crippen LogP contribution is 2.05. The van der Waals surface area contributed by atoms with Crippen LogP contribution in [0.2, 0.25) is 0 Å². The van der Waals surface area contributed by atoms with Gasteiger partial charge in [0.25, 0.3) is 5.56 Å². The minimum Gasteiger partial charge on any atom is -0.302 e. The lowest BCUT2D eigenvalue weighted by Crippen LogP contribution is -2.24. The highest BCUT2D eigenvalue weighted by atomic mass is 19.1. The standard InChI is InChI=1S/C16H11FN4O2/c17-11-7-5-10(6-8-11)9-18-21-16(23)14-19-13-4-2-1-3-12(13)15(22)20-14/h1-9H,(H,21,23)(H,19,20,22)/b18-9-. The van der Waals surface area contributed by atoms with Gasteiger partial charge in [0.05, 0.1) is 17.1 Å². The molecule has 23 heavy (non-hydrogen) atoms. The maximum absolute atomic E-state index is 12.8. The van der Waals surface area contributed by atoms with Gasteiger partial charge in [0, 0.05) is 0 Å². The summed E-state index contributed by atoms with van der Waals surface area (Å²) in [7, 11) is 0. The summed E-state index contributed by atoms with van der Waals surface area (Å²) in [5, 5.41) is 4.15. The topological polar surface area (TPSA) is 87.2 Å². The molecule has 1 aromatic heterocycles. The van der Waals surface area contributed by atoms with Crippen LogP contribution < -0.4 is 11.0 Å². The minimum absolute atomic E-state index is 0.134. The number of fused-ring (bicyclic) bond motifs is 1. The van der Waals surface area contributed by atoms with E-state index in [-0.39, 0.29) is 11.6 Å². The Balaban J connectivity index is 1.78. The number of rotatable bonds is 3. The van der Waals surface area contributed by atoms with E-state index >= 15 is 0 Å². The van der Waals surface area contributed by atoms with Crippen molar-refractivity contribution in [2.24, 2.45) is 5.10 Å². The van der Waals surface area contributed by atoms with Crippen LogP contribution in [0.1, 0.15) is 16.2 Å². The number of aromatic nitrogens is 2. The number of amides is 1. The van der Waals surface area contributed by atoms with Crippen molar-refractivity contribution in [2.75, 3.05) is 0 Å². The number of hydrazone groups is 1. The molecule has 2 N–H and O–H groups in total. The Morgan fingerprint density at radius 3 is 2.70 bits per heavy atom. The monoisotopic (exact) mass is 310 g/mol. The molecule has 0 bridgehead atoms. The fraction of sp³-hybridized carbons (Fsp3) is 0. The molecule has 2 aromatic carbocycles. The molecule has 0 saturated heterocycles. The third-order valence-corrected chi connectivity index (χ3v) is 3.08. The summed E-state index contributed by atoms with van der Waals surface area (Å²) in [4.78, 5) is 30.3. The van der Waals surface area contributed by atoms with E-state index in [4.69, 9.17) is 0 Å². The number of carbonyl (C=O) groups excluding carboxylic acids is 1. The van der Waals surface area contributed by atoms with Gasteiger partial charge in [-0.25, -0.2) is 14.8 Å². The average molecular weight is 310 g/mol. The SMILES string of the molecule is O=C(N/N=C\c1ccc(F)cc1)c1nc2ccccc2c(=O)[nH]1. The van der Waals surface area contributed by atoms with E-state index in [2.05, 4.69) is 20.5 Å². The molecule has 7 heteroatoms. The third kappa shape index (κ3) is 3.29. The molecule has 0 aliphatic rings. The molecule has 0 atom stereocenters. The zero-order valence-electron chi connectivity index (χ0n) is 11.8. The molecule has 0 aliphatic heterocycles. The lowest BCUT2D eigenvalue weighted by atomic mass is 10.2. The molecule has 6 nitrogen and oxygen atoms in total. The summed E-state index contributed by atoms with van der Waals surface area (Å²) in [6.45, 7) is 0. The molecule has 0 aliphatic carbocycles. The lowest BCUT2D eigenvalue weighted by Gasteiger charge is -2.01. The normalized spacial score (nSPS) is 11.0. The van der Waals surface area contributed by atoms with Crippen LogP contribution in [-0.4, -0.2) is 22.1 Å². The van der Waals surface area contributed by atoms with Gasteiger partial charge in [-0.2, -0.15) is 5.10 Å². The van der Waals surface area contributed by atoms with E-state index in [1.54, 1.807) is 24.3 Å². The van der Waals surface area contributed by atoms with Gasteiger partial charge in [-0.15, -0.1) is 0 Å². The summed E-state index contributed by atoms with van der Waals surface area (Å²) < 4.78 is 12.8. The van der Waals surface area contributed by atoms with Gasteiger partial charge in [0.15, 0.2) is 0 Å². The van der Waals surface area contributed by atoms with Gasteiger partial charge in [-0.3, -0.25) is 9.59 Å². The van der Waals surface area contributed by atoms with Crippen LogP contribution in [0.4, 0.5) is 4.39 Å². The van der Waals surface area contributed by atoms with Crippen LogP contribution in [0.15, 0.2) is 58.4 Å². The number of nitrogens with zero attached hydrogens (tertiary/aromatic N) is 2. The zero-order valence-corrected chi connectivity index (χ0v) is 11.8. The van der Waals surface area contributed by atoms with Crippen LogP contribution in [0.5, 0.6) is 0 Å². The van der Waals surface area contributed by atoms with Crippen LogP contribution in [-0.2, 0) is 0 Å². The number of hydrogen-bond donors (Lipinski definition) is 2. The van der Waals surface area contributed by atoms with E-state index < -0.39 is 11.5 Å². The van der Waals surface area contributed by atoms with Gasteiger partial charge in [0.1, 0.15) is 5.82 Å². The van der Waals surface area contributed by atoms with Crippen molar-refractivity contribution in [1.82, 2.24) is 15.4 Å². The number of hydrogen-bond acceptors (Lipinski definition) is 4. The predicted molar refractivity (Wildman–Crippen MR) is 83.8 cm³/mol. The molecule has 114 valence electrons. The van der Waals surface area contributed by atoms with Gasteiger partial charge in [-0.1, -0.05) is 24.3 Å². The van der Waals surface area contributed by atoms with Crippen LogP contribution in [0.3, 0.4) is 0 Å². The van der Waals surface area contributed by atoms with Gasteiger partial charge >= 0.3 is 5.91 Å². The minimum atomic E-state index is -0.647. The summed E-state index contributed by atoms with van der Waals surface area (Å²) >= 11 is 0. The molecule has 1 amide bonds. The Labute approximate surface area is 129 Å². The van der Waals surface area contributed by atoms with E-state index in [1.807, 2.05) is 0 Å². The maximum Gasteiger partial charge on any atom is 0.307 e. The van der Waals surface area contributed by atoms with Crippen molar-refractivity contribution >= 4 is 23.0 Å². The van der Waals surface area contributed by atoms with Crippen molar-refractivity contribution in [2.45, 2.75) is 0 Å². The van der Waals surface area contributed by atoms with Crippen LogP contribution in [0, 0.1) is 5.82 Å². The molecule has 3 rings (SSSR count). The Bertz CT molecular complexity index is 948. The number of benzene rings is 2. The second-order valence-corrected chi connectivity index (χ2v) is 4.68. The van der Waals surface area contributed by atoms with Gasteiger partial charge in [-0.05, 0) is 29.8 Å². The fourth-order valence-corrected chi connectivity index (χ4v) is 1.96. The first-order valence-corrected chi connectivity index (χ1v) is 6.71. The number of halogens is 1. The smallest absolute Gasteiger partial charge is 0.302 e. The van der Waals surface area contributed by atoms with E-state index in [0.29, 0.717) is 16.5 Å². The summed E-state index contributed by atoms with van der Waals surface area (Å²) in [5.74, 6) is -1.14. The predicted octanol–water partition coefficient (Wildman–Crippen LogP) is 1.83. The molecule has 0 unspecified atom stereocenters. The van der Waals surface area contributed by atoms with Gasteiger partial charge in [0.2, 0.25) is 5.82 Å². The number of nitrogens with one attached hydrogen (secondary N) is 2. The molecule has 3 aromatic rings. The third-order valence-electron chi connectivity index (χ3n) is 3.08. The van der Waals surface area contributed by atoms with Crippen molar-refractivity contribution in [1.29, 1.82) is 0 Å². The molecule has 0 radical (unpaired) electrons. The lowest BCUT2D eigenvalue weighted by molar-refractivity contribution is 0.0945. The Hall–Kier alpha value is -3.35. The van der Waals surface area contributed by atoms with E-state index in [1.165, 1.54) is 30.5 Å². The zero-order chi connectivity index (χ0) is 16.2. The molecule has 0 spiro atoms. The summed E-state index contributed by atoms with van der Waals surface area (Å²) in [6, 6.07) is 12.3. The second-order valence-electron chi connectivity index (χ2n) is 4.68. The quantitative estimate of drug-likeness (QED) is 0.571. The first-order chi connectivity index (χ1) is 11.1. The Kier molecular flexibility index (Phi) is 3.92. The molecule has 0 saturated carbocycles. The van der Waals surface area contributed by atoms with Gasteiger partial charge < -0.3 is 4.98 Å². The molecular formula is C16H11FN4O2. The first kappa shape index (κ1) is 14.6. The fourth-order valence-electron chi connectivity index (χ4n) is 1.96. The van der Waals surface area contributed by atoms with Crippen molar-refractivity contribution in [3.63, 3.8) is 0 Å². The number of carbonyl (C=O) groups is 1. The van der Waals surface area contributed by atoms with Crippen molar-refractivity contribution < 1.29 is 9.18 Å². The first-order valence-electron chi connectivity index (χ1n) is 6.71. The highest BCUT2D eigenvalue weighted by molar-refractivity contribution is 5.93. The molecular weight excluding hydrogens is 299 g/mol. The number of H-pyrrole nitrogens is 1. The Morgan fingerprint density at radius 1 is 1.17 bits per heavy atom. The average Bonchev–Trinajstić information content (AvgIpc) is 2.56. The highest BCUT2D eigenvalue weighted by Gasteiger charge is 2.10. The van der Waals surface area contributed by atoms with Crippen molar-refractivity contribution in [3.8, 4) is 0 Å². The summed E-state index contributed by atoms with van der Waals surface area (Å²) in [6.07, 6.45) is 1.36. The number of para-hydroxylation sites is 1. The summed E-state index contributed by atoms with van der Waals surface area (Å²) in [5.41, 5.74) is 2.90. The van der Waals surface area contributed by atoms with Crippen LogP contribution in [0.25, 0.3) is 10.9 Å². The number of aromatic amines is 1. The Morgan fingerprint density at radius 2 is 1.91 bits per heavy atom. The van der Waals surface area contributed by atoms with Crippen LogP contribution >= 0.6 is 0 Å². The van der Waals surface area contributed by atoms with E-state index in [0.717, 1.165) is 0 Å². The maximum atomic E-state index is 12.8. The molecule has 1 heterocycles. The largest absolute Gasteiger partial charge is 0.307 e. The second kappa shape index (κ2) is 6.18. The molecule has 0 fully saturated rings. The van der Waals surface area contributed by atoms with E-state index in [9.17, 15) is 14.0 Å². The van der Waals surface area contributed by atoms with Crippen molar-refractivity contribution in [3.05, 3.63) is 76.1 Å².